The van der Waals surface area contributed by atoms with E-state index in [4.69, 9.17) is 0 Å². The van der Waals surface area contributed by atoms with E-state index < -0.39 is 11.7 Å². The third-order valence-electron chi connectivity index (χ3n) is 3.31. The Kier molecular flexibility index (Phi) is 4.21. The lowest BCUT2D eigenvalue weighted by Crippen LogP contribution is -2.06. The molecule has 0 saturated carbocycles. The lowest BCUT2D eigenvalue weighted by molar-refractivity contribution is -0.137. The molecule has 0 saturated heterocycles. The molecule has 2 heterocycles. The maximum Gasteiger partial charge on any atom is 0.416 e. The first kappa shape index (κ1) is 15.7. The van der Waals surface area contributed by atoms with Gasteiger partial charge in [-0.1, -0.05) is 12.1 Å². The summed E-state index contributed by atoms with van der Waals surface area (Å²) < 4.78 is 40.5. The van der Waals surface area contributed by atoms with Gasteiger partial charge in [0.25, 0.3) is 0 Å². The van der Waals surface area contributed by atoms with Crippen LogP contribution in [0, 0.1) is 0 Å². The Balaban J connectivity index is 1.86. The van der Waals surface area contributed by atoms with Crippen LogP contribution in [-0.2, 0) is 12.7 Å². The van der Waals surface area contributed by atoms with E-state index in [0.29, 0.717) is 12.4 Å². The minimum absolute atomic E-state index is 0.431. The molecule has 0 aliphatic carbocycles. The summed E-state index contributed by atoms with van der Waals surface area (Å²) in [4.78, 5) is 8.40. The van der Waals surface area contributed by atoms with Crippen LogP contribution in [0.25, 0.3) is 11.4 Å². The largest absolute Gasteiger partial charge is 0.416 e. The number of halogens is 4. The number of rotatable bonds is 3. The minimum Gasteiger partial charge on any atom is -0.327 e. The number of nitrogens with zero attached hydrogens (tertiary/aromatic N) is 3. The number of imidazole rings is 1. The van der Waals surface area contributed by atoms with Crippen LogP contribution >= 0.6 is 15.9 Å². The van der Waals surface area contributed by atoms with Crippen molar-refractivity contribution in [3.05, 3.63) is 70.7 Å². The number of aromatic nitrogens is 3. The molecular formula is C16H11BrF3N3. The highest BCUT2D eigenvalue weighted by Gasteiger charge is 2.29. The average Bonchev–Trinajstić information content (AvgIpc) is 2.95. The maximum absolute atomic E-state index is 12.6. The molecule has 0 amide bonds. The standard InChI is InChI=1S/C16H11BrF3N3/c17-14-7-12(8-21-9-14)15-22-5-6-23(15)10-11-1-3-13(4-2-11)16(18,19)20/h1-9H,10H2. The second-order valence-electron chi connectivity index (χ2n) is 4.97. The summed E-state index contributed by atoms with van der Waals surface area (Å²) in [5.74, 6) is 0.707. The molecule has 118 valence electrons. The zero-order valence-corrected chi connectivity index (χ0v) is 13.3. The summed E-state index contributed by atoms with van der Waals surface area (Å²) in [7, 11) is 0. The van der Waals surface area contributed by atoms with Crippen molar-refractivity contribution in [1.29, 1.82) is 0 Å². The van der Waals surface area contributed by atoms with Gasteiger partial charge in [0.05, 0.1) is 5.56 Å². The fraction of sp³-hybridized carbons (Fsp3) is 0.125. The Morgan fingerprint density at radius 3 is 2.48 bits per heavy atom. The van der Waals surface area contributed by atoms with Crippen molar-refractivity contribution >= 4 is 15.9 Å². The Labute approximate surface area is 138 Å². The molecule has 0 atom stereocenters. The van der Waals surface area contributed by atoms with Crippen molar-refractivity contribution in [3.63, 3.8) is 0 Å². The van der Waals surface area contributed by atoms with Crippen molar-refractivity contribution in [3.8, 4) is 11.4 Å². The van der Waals surface area contributed by atoms with Crippen LogP contribution < -0.4 is 0 Å². The summed E-state index contributed by atoms with van der Waals surface area (Å²) in [5.41, 5.74) is 0.944. The van der Waals surface area contributed by atoms with Crippen molar-refractivity contribution < 1.29 is 13.2 Å². The van der Waals surface area contributed by atoms with Crippen LogP contribution in [0.1, 0.15) is 11.1 Å². The first-order chi connectivity index (χ1) is 10.9. The Hall–Kier alpha value is -2.15. The molecule has 23 heavy (non-hydrogen) atoms. The van der Waals surface area contributed by atoms with E-state index in [2.05, 4.69) is 25.9 Å². The van der Waals surface area contributed by atoms with Crippen LogP contribution in [0.5, 0.6) is 0 Å². The fourth-order valence-electron chi connectivity index (χ4n) is 2.23. The Morgan fingerprint density at radius 2 is 1.83 bits per heavy atom. The highest BCUT2D eigenvalue weighted by molar-refractivity contribution is 9.10. The van der Waals surface area contributed by atoms with E-state index in [1.807, 2.05) is 10.6 Å². The molecule has 0 fully saturated rings. The quantitative estimate of drug-likeness (QED) is 0.653. The normalized spacial score (nSPS) is 11.7. The van der Waals surface area contributed by atoms with Gasteiger partial charge in [0.15, 0.2) is 0 Å². The van der Waals surface area contributed by atoms with Gasteiger partial charge in [0.2, 0.25) is 0 Å². The molecular weight excluding hydrogens is 371 g/mol. The number of alkyl halides is 3. The first-order valence-corrected chi connectivity index (χ1v) is 7.51. The van der Waals surface area contributed by atoms with E-state index in [1.54, 1.807) is 24.8 Å². The van der Waals surface area contributed by atoms with E-state index in [9.17, 15) is 13.2 Å². The second kappa shape index (κ2) is 6.16. The summed E-state index contributed by atoms with van der Waals surface area (Å²) in [5, 5.41) is 0. The lowest BCUT2D eigenvalue weighted by atomic mass is 10.1. The summed E-state index contributed by atoms with van der Waals surface area (Å²) in [6, 6.07) is 7.02. The zero-order chi connectivity index (χ0) is 16.4. The third kappa shape index (κ3) is 3.61. The van der Waals surface area contributed by atoms with Gasteiger partial charge in [-0.25, -0.2) is 4.98 Å². The lowest BCUT2D eigenvalue weighted by Gasteiger charge is -2.10. The molecule has 3 rings (SSSR count). The second-order valence-corrected chi connectivity index (χ2v) is 5.88. The molecule has 0 N–H and O–H groups in total. The first-order valence-electron chi connectivity index (χ1n) is 6.72. The van der Waals surface area contributed by atoms with Gasteiger partial charge < -0.3 is 4.57 Å². The number of hydrogen-bond acceptors (Lipinski definition) is 2. The molecule has 0 aliphatic heterocycles. The van der Waals surface area contributed by atoms with Crippen molar-refractivity contribution in [2.75, 3.05) is 0 Å². The van der Waals surface area contributed by atoms with E-state index in [-0.39, 0.29) is 0 Å². The Morgan fingerprint density at radius 1 is 1.09 bits per heavy atom. The van der Waals surface area contributed by atoms with Crippen molar-refractivity contribution in [2.24, 2.45) is 0 Å². The number of hydrogen-bond donors (Lipinski definition) is 0. The third-order valence-corrected chi connectivity index (χ3v) is 3.75. The molecule has 1 aromatic carbocycles. The highest BCUT2D eigenvalue weighted by atomic mass is 79.9. The molecule has 7 heteroatoms. The van der Waals surface area contributed by atoms with Crippen LogP contribution in [-0.4, -0.2) is 14.5 Å². The molecule has 0 radical (unpaired) electrons. The van der Waals surface area contributed by atoms with Gasteiger partial charge in [-0.3, -0.25) is 4.98 Å². The van der Waals surface area contributed by atoms with Crippen LogP contribution in [0.2, 0.25) is 0 Å². The molecule has 0 spiro atoms. The van der Waals surface area contributed by atoms with Gasteiger partial charge in [0.1, 0.15) is 5.82 Å². The molecule has 0 unspecified atom stereocenters. The van der Waals surface area contributed by atoms with Gasteiger partial charge in [0, 0.05) is 41.4 Å². The predicted molar refractivity (Wildman–Crippen MR) is 83.7 cm³/mol. The zero-order valence-electron chi connectivity index (χ0n) is 11.8. The van der Waals surface area contributed by atoms with E-state index >= 15 is 0 Å². The van der Waals surface area contributed by atoms with Gasteiger partial charge >= 0.3 is 6.18 Å². The average molecular weight is 382 g/mol. The monoisotopic (exact) mass is 381 g/mol. The van der Waals surface area contributed by atoms with Crippen LogP contribution in [0.3, 0.4) is 0 Å². The van der Waals surface area contributed by atoms with Gasteiger partial charge in [-0.15, -0.1) is 0 Å². The number of pyridine rings is 1. The SMILES string of the molecule is FC(F)(F)c1ccc(Cn2ccnc2-c2cncc(Br)c2)cc1. The van der Waals surface area contributed by atoms with Crippen molar-refractivity contribution in [2.45, 2.75) is 12.7 Å². The molecule has 0 aliphatic rings. The van der Waals surface area contributed by atoms with E-state index in [0.717, 1.165) is 27.7 Å². The molecule has 2 aromatic heterocycles. The van der Waals surface area contributed by atoms with Gasteiger partial charge in [-0.05, 0) is 39.7 Å². The van der Waals surface area contributed by atoms with Gasteiger partial charge in [-0.2, -0.15) is 13.2 Å². The highest BCUT2D eigenvalue weighted by Crippen LogP contribution is 2.29. The summed E-state index contributed by atoms with van der Waals surface area (Å²) in [6.07, 6.45) is 2.48. The minimum atomic E-state index is -4.32. The molecule has 3 aromatic rings. The molecule has 3 nitrogen and oxygen atoms in total. The van der Waals surface area contributed by atoms with Crippen molar-refractivity contribution in [1.82, 2.24) is 14.5 Å². The summed E-state index contributed by atoms with van der Waals surface area (Å²) in [6.45, 7) is 0.431. The van der Waals surface area contributed by atoms with Crippen LogP contribution in [0.4, 0.5) is 13.2 Å². The fourth-order valence-corrected chi connectivity index (χ4v) is 2.59. The topological polar surface area (TPSA) is 30.7 Å². The number of benzene rings is 1. The smallest absolute Gasteiger partial charge is 0.327 e. The Bertz CT molecular complexity index is 810. The van der Waals surface area contributed by atoms with E-state index in [1.165, 1.54) is 12.1 Å². The summed E-state index contributed by atoms with van der Waals surface area (Å²) >= 11 is 3.36. The predicted octanol–water partition coefficient (Wildman–Crippen LogP) is 4.77. The molecule has 0 bridgehead atoms. The maximum atomic E-state index is 12.6. The van der Waals surface area contributed by atoms with Crippen LogP contribution in [0.15, 0.2) is 59.6 Å².